The molecule has 3 aromatic rings. The number of anilines is 1. The fourth-order valence-corrected chi connectivity index (χ4v) is 4.44. The number of nitrogens with one attached hydrogen (secondary N) is 1. The molecule has 1 saturated heterocycles. The Kier molecular flexibility index (Phi) is 8.88. The maximum Gasteiger partial charge on any atom is 0.276 e. The topological polar surface area (TPSA) is 93.6 Å². The fourth-order valence-electron chi connectivity index (χ4n) is 3.48. The van der Waals surface area contributed by atoms with E-state index in [1.54, 1.807) is 42.7 Å². The van der Waals surface area contributed by atoms with E-state index in [1.807, 2.05) is 24.3 Å². The lowest BCUT2D eigenvalue weighted by Gasteiger charge is -2.36. The van der Waals surface area contributed by atoms with Crippen LogP contribution in [0.15, 0.2) is 72.1 Å². The van der Waals surface area contributed by atoms with Gasteiger partial charge in [-0.2, -0.15) is 0 Å². The van der Waals surface area contributed by atoms with Gasteiger partial charge in [-0.15, -0.1) is 0 Å². The molecule has 0 bridgehead atoms. The zero-order chi connectivity index (χ0) is 24.8. The molecule has 0 saturated carbocycles. The van der Waals surface area contributed by atoms with Gasteiger partial charge in [0.2, 0.25) is 0 Å². The van der Waals surface area contributed by atoms with Gasteiger partial charge in [-0.1, -0.05) is 83.0 Å². The van der Waals surface area contributed by atoms with Gasteiger partial charge < -0.3 is 19.9 Å². The Morgan fingerprint density at radius 1 is 1.03 bits per heavy atom. The first-order valence-electron chi connectivity index (χ1n) is 10.7. The van der Waals surface area contributed by atoms with E-state index in [2.05, 4.69) is 15.3 Å². The molecule has 1 aromatic heterocycles. The van der Waals surface area contributed by atoms with E-state index >= 15 is 0 Å². The minimum absolute atomic E-state index is 0.0188. The van der Waals surface area contributed by atoms with Gasteiger partial charge in [-0.05, 0) is 29.3 Å². The highest BCUT2D eigenvalue weighted by Gasteiger charge is 2.33. The highest BCUT2D eigenvalue weighted by atomic mass is 35.6. The lowest BCUT2D eigenvalue weighted by atomic mass is 10.0. The van der Waals surface area contributed by atoms with E-state index in [-0.39, 0.29) is 18.8 Å². The lowest BCUT2D eigenvalue weighted by molar-refractivity contribution is -0.245. The summed E-state index contributed by atoms with van der Waals surface area (Å²) in [5, 5.41) is 12.6. The molecule has 1 aliphatic rings. The number of aliphatic hydroxyl groups is 1. The quantitative estimate of drug-likeness (QED) is 0.223. The Morgan fingerprint density at radius 3 is 2.31 bits per heavy atom. The summed E-state index contributed by atoms with van der Waals surface area (Å²) in [6.45, 7) is -0.0188. The molecule has 0 aliphatic carbocycles. The monoisotopic (exact) mass is 553 g/mol. The molecule has 11 heteroatoms. The van der Waals surface area contributed by atoms with Gasteiger partial charge in [0.15, 0.2) is 11.4 Å². The first-order chi connectivity index (χ1) is 16.8. The first-order valence-corrected chi connectivity index (χ1v) is 12.8. The zero-order valence-electron chi connectivity index (χ0n) is 18.3. The van der Waals surface area contributed by atoms with Gasteiger partial charge in [0.1, 0.15) is 0 Å². The smallest absolute Gasteiger partial charge is 0.276 e. The van der Waals surface area contributed by atoms with Crippen LogP contribution in [0.25, 0.3) is 0 Å². The van der Waals surface area contributed by atoms with E-state index in [1.165, 1.54) is 11.8 Å². The number of carbonyl (C=O) groups is 1. The number of carbonyl (C=O) groups excluding carboxylic acids is 1. The van der Waals surface area contributed by atoms with Crippen LogP contribution >= 0.6 is 46.6 Å². The number of amides is 1. The standard InChI is InChI=1S/C24H22Cl3N3O4S/c25-24(26,27)22(32)30-18-8-6-17(7-9-18)21-33-19(14-35-23-28-10-1-11-29-23)12-20(34-21)16-4-2-15(13-31)3-5-16/h1-11,19-21,31H,12-14H2,(H,30,32). The second-order valence-corrected chi connectivity index (χ2v) is 11.0. The molecule has 3 atom stereocenters. The molecule has 1 fully saturated rings. The predicted molar refractivity (Wildman–Crippen MR) is 137 cm³/mol. The number of nitrogens with zero attached hydrogens (tertiary/aromatic N) is 2. The van der Waals surface area contributed by atoms with Crippen LogP contribution in [0.4, 0.5) is 5.69 Å². The van der Waals surface area contributed by atoms with E-state index in [4.69, 9.17) is 44.3 Å². The van der Waals surface area contributed by atoms with Crippen molar-refractivity contribution in [2.24, 2.45) is 0 Å². The van der Waals surface area contributed by atoms with Crippen molar-refractivity contribution >= 4 is 58.2 Å². The number of ether oxygens (including phenoxy) is 2. The molecule has 2 heterocycles. The molecule has 2 N–H and O–H groups in total. The van der Waals surface area contributed by atoms with Gasteiger partial charge in [0, 0.05) is 35.8 Å². The predicted octanol–water partition coefficient (Wildman–Crippen LogP) is 5.62. The highest BCUT2D eigenvalue weighted by Crippen LogP contribution is 2.39. The normalized spacial score (nSPS) is 20.4. The molecule has 0 spiro atoms. The number of aliphatic hydroxyl groups excluding tert-OH is 1. The van der Waals surface area contributed by atoms with Crippen LogP contribution in [-0.4, -0.2) is 36.6 Å². The van der Waals surface area contributed by atoms with Gasteiger partial charge in [0.05, 0.1) is 18.8 Å². The minimum atomic E-state index is -2.06. The van der Waals surface area contributed by atoms with Gasteiger partial charge >= 0.3 is 0 Å². The Hall–Kier alpha value is -1.91. The summed E-state index contributed by atoms with van der Waals surface area (Å²) in [6.07, 6.45) is 3.08. The number of alkyl halides is 3. The highest BCUT2D eigenvalue weighted by molar-refractivity contribution is 7.99. The van der Waals surface area contributed by atoms with Crippen LogP contribution in [0.2, 0.25) is 0 Å². The summed E-state index contributed by atoms with van der Waals surface area (Å²) in [7, 11) is 0. The summed E-state index contributed by atoms with van der Waals surface area (Å²) in [5.74, 6) is -0.0982. The van der Waals surface area contributed by atoms with Crippen molar-refractivity contribution < 1.29 is 19.4 Å². The molecule has 184 valence electrons. The van der Waals surface area contributed by atoms with Crippen LogP contribution in [0, 0.1) is 0 Å². The maximum atomic E-state index is 11.9. The number of aromatic nitrogens is 2. The summed E-state index contributed by atoms with van der Waals surface area (Å²) in [6, 6.07) is 16.4. The van der Waals surface area contributed by atoms with Crippen molar-refractivity contribution in [1.82, 2.24) is 9.97 Å². The van der Waals surface area contributed by atoms with Crippen molar-refractivity contribution in [2.75, 3.05) is 11.1 Å². The average molecular weight is 555 g/mol. The molecule has 0 radical (unpaired) electrons. The Bertz CT molecular complexity index is 1120. The van der Waals surface area contributed by atoms with Crippen molar-refractivity contribution in [3.63, 3.8) is 0 Å². The SMILES string of the molecule is O=C(Nc1ccc(C2OC(CSc3ncccn3)CC(c3ccc(CO)cc3)O2)cc1)C(Cl)(Cl)Cl. The van der Waals surface area contributed by atoms with Gasteiger partial charge in [-0.3, -0.25) is 4.79 Å². The van der Waals surface area contributed by atoms with Crippen LogP contribution in [0.1, 0.15) is 35.5 Å². The number of hydrogen-bond acceptors (Lipinski definition) is 7. The third-order valence-corrected chi connectivity index (χ3v) is 6.78. The van der Waals surface area contributed by atoms with Crippen LogP contribution < -0.4 is 5.32 Å². The van der Waals surface area contributed by atoms with E-state index in [9.17, 15) is 9.90 Å². The van der Waals surface area contributed by atoms with Crippen molar-refractivity contribution in [3.05, 3.63) is 83.7 Å². The average Bonchev–Trinajstić information content (AvgIpc) is 2.88. The largest absolute Gasteiger partial charge is 0.392 e. The molecule has 2 aromatic carbocycles. The molecule has 1 amide bonds. The maximum absolute atomic E-state index is 11.9. The van der Waals surface area contributed by atoms with Crippen molar-refractivity contribution in [1.29, 1.82) is 0 Å². The van der Waals surface area contributed by atoms with Gasteiger partial charge in [0.25, 0.3) is 9.70 Å². The summed E-state index contributed by atoms with van der Waals surface area (Å²) in [4.78, 5) is 20.4. The number of thioether (sulfide) groups is 1. The van der Waals surface area contributed by atoms with Crippen molar-refractivity contribution in [2.45, 2.75) is 40.5 Å². The molecular weight excluding hydrogens is 533 g/mol. The van der Waals surface area contributed by atoms with Crippen LogP contribution in [0.5, 0.6) is 0 Å². The number of rotatable bonds is 7. The molecule has 4 rings (SSSR count). The number of benzene rings is 2. The number of halogens is 3. The summed E-state index contributed by atoms with van der Waals surface area (Å²) < 4.78 is 10.5. The van der Waals surface area contributed by atoms with Crippen LogP contribution in [0.3, 0.4) is 0 Å². The van der Waals surface area contributed by atoms with E-state index in [0.29, 0.717) is 23.0 Å². The molecule has 7 nitrogen and oxygen atoms in total. The number of hydrogen-bond donors (Lipinski definition) is 2. The zero-order valence-corrected chi connectivity index (χ0v) is 21.4. The first kappa shape index (κ1) is 26.2. The Morgan fingerprint density at radius 2 is 1.69 bits per heavy atom. The lowest BCUT2D eigenvalue weighted by Crippen LogP contribution is -2.31. The Balaban J connectivity index is 1.50. The molecule has 1 aliphatic heterocycles. The molecule has 35 heavy (non-hydrogen) atoms. The third kappa shape index (κ3) is 7.30. The second kappa shape index (κ2) is 11.9. The van der Waals surface area contributed by atoms with E-state index < -0.39 is 16.0 Å². The fraction of sp³-hybridized carbons (Fsp3) is 0.292. The molecular formula is C24H22Cl3N3O4S. The van der Waals surface area contributed by atoms with Crippen molar-refractivity contribution in [3.8, 4) is 0 Å². The minimum Gasteiger partial charge on any atom is -0.392 e. The second-order valence-electron chi connectivity index (χ2n) is 7.77. The van der Waals surface area contributed by atoms with E-state index in [0.717, 1.165) is 16.7 Å². The Labute approximate surface area is 222 Å². The summed E-state index contributed by atoms with van der Waals surface area (Å²) in [5.41, 5.74) is 3.08. The third-order valence-electron chi connectivity index (χ3n) is 5.25. The summed E-state index contributed by atoms with van der Waals surface area (Å²) >= 11 is 18.4. The van der Waals surface area contributed by atoms with Crippen LogP contribution in [-0.2, 0) is 20.9 Å². The van der Waals surface area contributed by atoms with Gasteiger partial charge in [-0.25, -0.2) is 9.97 Å². The molecule has 3 unspecified atom stereocenters.